The molecule has 0 bridgehead atoms. The van der Waals surface area contributed by atoms with Gasteiger partial charge in [0.25, 0.3) is 5.69 Å². The van der Waals surface area contributed by atoms with Crippen LogP contribution in [0.1, 0.15) is 11.6 Å². The van der Waals surface area contributed by atoms with E-state index in [0.717, 1.165) is 0 Å². The van der Waals surface area contributed by atoms with E-state index in [9.17, 15) is 14.9 Å². The summed E-state index contributed by atoms with van der Waals surface area (Å²) in [4.78, 5) is 22.1. The normalized spacial score (nSPS) is 12.0. The molecule has 1 unspecified atom stereocenters. The maximum absolute atomic E-state index is 12.0. The van der Waals surface area contributed by atoms with Crippen LogP contribution in [0.3, 0.4) is 0 Å². The zero-order chi connectivity index (χ0) is 15.6. The Hall–Kier alpha value is -2.45. The van der Waals surface area contributed by atoms with E-state index < -0.39 is 16.9 Å². The average molecular weight is 310 g/mol. The zero-order valence-corrected chi connectivity index (χ0v) is 11.7. The summed E-state index contributed by atoms with van der Waals surface area (Å²) >= 11 is 5.77. The Kier molecular flexibility index (Phi) is 4.20. The molecule has 0 aliphatic heterocycles. The van der Waals surface area contributed by atoms with Crippen LogP contribution in [0.2, 0.25) is 5.02 Å². The standard InChI is InChI=1S/C12H12ClN5O3/c1-17-6-7(5-15-17)11(14)12(19)16-8-2-3-10(18(20)21)9(13)4-8/h2-6,11H,14H2,1H3,(H,16,19). The number of carbonyl (C=O) groups is 1. The van der Waals surface area contributed by atoms with E-state index >= 15 is 0 Å². The molecule has 2 rings (SSSR count). The molecule has 0 saturated carbocycles. The minimum absolute atomic E-state index is 0.0623. The van der Waals surface area contributed by atoms with Crippen molar-refractivity contribution in [3.63, 3.8) is 0 Å². The molecule has 0 spiro atoms. The number of rotatable bonds is 4. The monoisotopic (exact) mass is 309 g/mol. The van der Waals surface area contributed by atoms with Gasteiger partial charge < -0.3 is 11.1 Å². The largest absolute Gasteiger partial charge is 0.324 e. The molecular weight excluding hydrogens is 298 g/mol. The van der Waals surface area contributed by atoms with Crippen molar-refractivity contribution in [3.8, 4) is 0 Å². The molecule has 9 heteroatoms. The number of nitrogens with zero attached hydrogens (tertiary/aromatic N) is 3. The summed E-state index contributed by atoms with van der Waals surface area (Å²) in [6, 6.07) is 3.01. The highest BCUT2D eigenvalue weighted by Gasteiger charge is 2.19. The molecule has 1 aromatic carbocycles. The van der Waals surface area contributed by atoms with Crippen molar-refractivity contribution in [1.82, 2.24) is 9.78 Å². The molecule has 1 amide bonds. The van der Waals surface area contributed by atoms with Crippen LogP contribution in [0.4, 0.5) is 11.4 Å². The van der Waals surface area contributed by atoms with Gasteiger partial charge in [-0.1, -0.05) is 11.6 Å². The van der Waals surface area contributed by atoms with E-state index in [2.05, 4.69) is 10.4 Å². The lowest BCUT2D eigenvalue weighted by Crippen LogP contribution is -2.27. The Balaban J connectivity index is 2.12. The average Bonchev–Trinajstić information content (AvgIpc) is 2.84. The van der Waals surface area contributed by atoms with Gasteiger partial charge in [0.1, 0.15) is 11.1 Å². The fourth-order valence-electron chi connectivity index (χ4n) is 1.70. The summed E-state index contributed by atoms with van der Waals surface area (Å²) in [5.41, 5.74) is 6.47. The van der Waals surface area contributed by atoms with Crippen LogP contribution in [0.15, 0.2) is 30.6 Å². The lowest BCUT2D eigenvalue weighted by atomic mass is 10.1. The molecule has 0 radical (unpaired) electrons. The number of anilines is 1. The number of nitro groups is 1. The van der Waals surface area contributed by atoms with E-state index in [1.165, 1.54) is 29.1 Å². The van der Waals surface area contributed by atoms with Crippen LogP contribution >= 0.6 is 11.6 Å². The van der Waals surface area contributed by atoms with Crippen LogP contribution < -0.4 is 11.1 Å². The Morgan fingerprint density at radius 1 is 1.57 bits per heavy atom. The van der Waals surface area contributed by atoms with Crippen molar-refractivity contribution in [3.05, 3.63) is 51.3 Å². The third kappa shape index (κ3) is 3.36. The highest BCUT2D eigenvalue weighted by Crippen LogP contribution is 2.27. The molecule has 2 aromatic rings. The summed E-state index contributed by atoms with van der Waals surface area (Å²) in [5, 5.41) is 17.1. The Morgan fingerprint density at radius 3 is 2.81 bits per heavy atom. The molecule has 1 heterocycles. The molecule has 0 aliphatic carbocycles. The lowest BCUT2D eigenvalue weighted by molar-refractivity contribution is -0.384. The van der Waals surface area contributed by atoms with Gasteiger partial charge in [0, 0.05) is 30.6 Å². The quantitative estimate of drug-likeness (QED) is 0.657. The van der Waals surface area contributed by atoms with Gasteiger partial charge in [0.15, 0.2) is 0 Å². The second-order valence-electron chi connectivity index (χ2n) is 4.34. The molecule has 1 aromatic heterocycles. The summed E-state index contributed by atoms with van der Waals surface area (Å²) in [7, 11) is 1.71. The number of hydrogen-bond donors (Lipinski definition) is 2. The number of carbonyl (C=O) groups excluding carboxylic acids is 1. The first kappa shape index (κ1) is 14.9. The van der Waals surface area contributed by atoms with Crippen LogP contribution in [0, 0.1) is 10.1 Å². The predicted octanol–water partition coefficient (Wildman–Crippen LogP) is 1.62. The summed E-state index contributed by atoms with van der Waals surface area (Å²) < 4.78 is 1.53. The highest BCUT2D eigenvalue weighted by molar-refractivity contribution is 6.33. The fourth-order valence-corrected chi connectivity index (χ4v) is 1.95. The van der Waals surface area contributed by atoms with Crippen LogP contribution in [-0.2, 0) is 11.8 Å². The number of nitrogens with two attached hydrogens (primary N) is 1. The van der Waals surface area contributed by atoms with Gasteiger partial charge in [-0.15, -0.1) is 0 Å². The van der Waals surface area contributed by atoms with Crippen molar-refractivity contribution >= 4 is 28.9 Å². The Morgan fingerprint density at radius 2 is 2.29 bits per heavy atom. The second-order valence-corrected chi connectivity index (χ2v) is 4.74. The van der Waals surface area contributed by atoms with Gasteiger partial charge in [-0.25, -0.2) is 0 Å². The van der Waals surface area contributed by atoms with E-state index in [1.54, 1.807) is 13.2 Å². The molecular formula is C12H12ClN5O3. The van der Waals surface area contributed by atoms with Crippen molar-refractivity contribution in [2.24, 2.45) is 12.8 Å². The van der Waals surface area contributed by atoms with Crippen molar-refractivity contribution in [2.45, 2.75) is 6.04 Å². The van der Waals surface area contributed by atoms with Gasteiger partial charge in [0.2, 0.25) is 5.91 Å². The SMILES string of the molecule is Cn1cc(C(N)C(=O)Nc2ccc([N+](=O)[O-])c(Cl)c2)cn1. The van der Waals surface area contributed by atoms with Crippen molar-refractivity contribution < 1.29 is 9.72 Å². The van der Waals surface area contributed by atoms with E-state index in [4.69, 9.17) is 17.3 Å². The molecule has 0 aliphatic rings. The number of benzene rings is 1. The van der Waals surface area contributed by atoms with E-state index in [-0.39, 0.29) is 10.7 Å². The number of nitrogens with one attached hydrogen (secondary N) is 1. The van der Waals surface area contributed by atoms with E-state index in [1.807, 2.05) is 0 Å². The van der Waals surface area contributed by atoms with Gasteiger partial charge >= 0.3 is 0 Å². The number of halogens is 1. The Bertz CT molecular complexity index is 700. The topological polar surface area (TPSA) is 116 Å². The first-order valence-corrected chi connectivity index (χ1v) is 6.25. The maximum Gasteiger partial charge on any atom is 0.288 e. The summed E-state index contributed by atoms with van der Waals surface area (Å²) in [6.45, 7) is 0. The van der Waals surface area contributed by atoms with Gasteiger partial charge in [0.05, 0.1) is 11.1 Å². The summed E-state index contributed by atoms with van der Waals surface area (Å²) in [6.07, 6.45) is 3.13. The smallest absolute Gasteiger partial charge is 0.288 e. The number of hydrogen-bond acceptors (Lipinski definition) is 5. The van der Waals surface area contributed by atoms with Crippen LogP contribution in [0.5, 0.6) is 0 Å². The molecule has 8 nitrogen and oxygen atoms in total. The molecule has 1 atom stereocenters. The zero-order valence-electron chi connectivity index (χ0n) is 11.0. The maximum atomic E-state index is 12.0. The summed E-state index contributed by atoms with van der Waals surface area (Å²) in [5.74, 6) is -0.465. The van der Waals surface area contributed by atoms with Crippen LogP contribution in [-0.4, -0.2) is 20.6 Å². The Labute approximate surface area is 124 Å². The van der Waals surface area contributed by atoms with Gasteiger partial charge in [-0.05, 0) is 12.1 Å². The van der Waals surface area contributed by atoms with E-state index in [0.29, 0.717) is 11.3 Å². The highest BCUT2D eigenvalue weighted by atomic mass is 35.5. The predicted molar refractivity (Wildman–Crippen MR) is 76.9 cm³/mol. The first-order chi connectivity index (χ1) is 9.88. The molecule has 0 saturated heterocycles. The van der Waals surface area contributed by atoms with Gasteiger partial charge in [-0.3, -0.25) is 19.6 Å². The third-order valence-corrected chi connectivity index (χ3v) is 3.08. The number of aryl methyl sites for hydroxylation is 1. The number of nitro benzene ring substituents is 1. The minimum atomic E-state index is -0.896. The number of aromatic nitrogens is 2. The van der Waals surface area contributed by atoms with Crippen molar-refractivity contribution in [1.29, 1.82) is 0 Å². The fraction of sp³-hybridized carbons (Fsp3) is 0.167. The minimum Gasteiger partial charge on any atom is -0.324 e. The molecule has 0 fully saturated rings. The molecule has 110 valence electrons. The molecule has 3 N–H and O–H groups in total. The lowest BCUT2D eigenvalue weighted by Gasteiger charge is -2.10. The van der Waals surface area contributed by atoms with Gasteiger partial charge in [-0.2, -0.15) is 5.10 Å². The van der Waals surface area contributed by atoms with Crippen molar-refractivity contribution in [2.75, 3.05) is 5.32 Å². The first-order valence-electron chi connectivity index (χ1n) is 5.87. The third-order valence-electron chi connectivity index (χ3n) is 2.78. The second kappa shape index (κ2) is 5.90. The van der Waals surface area contributed by atoms with Crippen LogP contribution in [0.25, 0.3) is 0 Å². The molecule has 21 heavy (non-hydrogen) atoms. The number of amides is 1.